The van der Waals surface area contributed by atoms with E-state index in [1.807, 2.05) is 24.3 Å². The molecule has 6 heteroatoms. The summed E-state index contributed by atoms with van der Waals surface area (Å²) in [7, 11) is 0. The van der Waals surface area contributed by atoms with Gasteiger partial charge in [0.1, 0.15) is 0 Å². The van der Waals surface area contributed by atoms with Crippen LogP contribution in [0.25, 0.3) is 0 Å². The molecule has 0 aliphatic carbocycles. The van der Waals surface area contributed by atoms with Crippen molar-refractivity contribution in [2.45, 2.75) is 6.92 Å². The number of benzene rings is 1. The van der Waals surface area contributed by atoms with Crippen molar-refractivity contribution in [3.63, 3.8) is 0 Å². The van der Waals surface area contributed by atoms with Crippen LogP contribution in [0, 0.1) is 0 Å². The van der Waals surface area contributed by atoms with Crippen molar-refractivity contribution in [3.05, 3.63) is 49.6 Å². The van der Waals surface area contributed by atoms with Crippen molar-refractivity contribution < 1.29 is 19.1 Å². The Morgan fingerprint density at radius 3 is 2.33 bits per heavy atom. The molecule has 0 aliphatic rings. The van der Waals surface area contributed by atoms with Crippen molar-refractivity contribution in [2.24, 2.45) is 0 Å². The molecule has 0 unspecified atom stereocenters. The van der Waals surface area contributed by atoms with E-state index in [0.717, 1.165) is 5.69 Å². The molecule has 0 heterocycles. The summed E-state index contributed by atoms with van der Waals surface area (Å²) in [5.74, 6) is -0.395. The molecule has 6 nitrogen and oxygen atoms in total. The monoisotopic (exact) mass is 334 g/mol. The minimum Gasteiger partial charge on any atom is -0.376 e. The van der Waals surface area contributed by atoms with E-state index in [4.69, 9.17) is 14.3 Å². The van der Waals surface area contributed by atoms with E-state index in [2.05, 4.69) is 23.5 Å². The molecule has 0 saturated heterocycles. The molecule has 0 atom stereocenters. The standard InChI is InChI=1S/C18H26N2O4/c1-4-11-22-13-9-20(10-14-23-12-5-2)18-8-6-7-17(15-18)19-24-16(3)21/h4-8,15,19H,1-2,9-14H2,3H3. The quantitative estimate of drug-likeness (QED) is 0.340. The normalized spacial score (nSPS) is 10.0. The molecule has 0 aliphatic heterocycles. The first-order valence-electron chi connectivity index (χ1n) is 7.83. The van der Waals surface area contributed by atoms with E-state index in [1.54, 1.807) is 12.2 Å². The number of anilines is 2. The fourth-order valence-electron chi connectivity index (χ4n) is 1.95. The number of carbonyl (C=O) groups is 1. The molecule has 1 aromatic carbocycles. The smallest absolute Gasteiger partial charge is 0.329 e. The molecule has 0 saturated carbocycles. The zero-order valence-electron chi connectivity index (χ0n) is 14.2. The van der Waals surface area contributed by atoms with Gasteiger partial charge in [-0.1, -0.05) is 18.2 Å². The lowest BCUT2D eigenvalue weighted by Gasteiger charge is -2.25. The highest BCUT2D eigenvalue weighted by molar-refractivity contribution is 5.68. The minimum absolute atomic E-state index is 0.395. The third-order valence-electron chi connectivity index (χ3n) is 3.01. The van der Waals surface area contributed by atoms with Crippen molar-refractivity contribution in [3.8, 4) is 0 Å². The van der Waals surface area contributed by atoms with Crippen molar-refractivity contribution >= 4 is 17.3 Å². The molecular formula is C18H26N2O4. The first-order valence-corrected chi connectivity index (χ1v) is 7.83. The topological polar surface area (TPSA) is 60.0 Å². The van der Waals surface area contributed by atoms with Crippen LogP contribution in [0.4, 0.5) is 11.4 Å². The van der Waals surface area contributed by atoms with Gasteiger partial charge in [-0.2, -0.15) is 0 Å². The Bertz CT molecular complexity index is 503. The molecule has 1 rings (SSSR count). The zero-order chi connectivity index (χ0) is 17.6. The lowest BCUT2D eigenvalue weighted by molar-refractivity contribution is -0.138. The van der Waals surface area contributed by atoms with Crippen LogP contribution in [0.2, 0.25) is 0 Å². The van der Waals surface area contributed by atoms with Gasteiger partial charge in [0.25, 0.3) is 0 Å². The highest BCUT2D eigenvalue weighted by Gasteiger charge is 2.08. The maximum Gasteiger partial charge on any atom is 0.329 e. The first-order chi connectivity index (χ1) is 11.7. The summed E-state index contributed by atoms with van der Waals surface area (Å²) in [5, 5.41) is 0. The maximum atomic E-state index is 10.9. The molecule has 0 bridgehead atoms. The number of ether oxygens (including phenoxy) is 2. The Kier molecular flexibility index (Phi) is 9.99. The molecule has 0 aromatic heterocycles. The summed E-state index contributed by atoms with van der Waals surface area (Å²) in [5.41, 5.74) is 4.31. The van der Waals surface area contributed by atoms with Crippen LogP contribution in [0.15, 0.2) is 49.6 Å². The highest BCUT2D eigenvalue weighted by Crippen LogP contribution is 2.19. The Balaban J connectivity index is 2.67. The molecule has 1 aromatic rings. The third kappa shape index (κ3) is 8.36. The Labute approximate surface area is 143 Å². The van der Waals surface area contributed by atoms with Gasteiger partial charge in [0.15, 0.2) is 0 Å². The second-order valence-corrected chi connectivity index (χ2v) is 4.96. The predicted molar refractivity (Wildman–Crippen MR) is 96.1 cm³/mol. The Hall–Kier alpha value is -2.31. The van der Waals surface area contributed by atoms with Gasteiger partial charge in [-0.15, -0.1) is 13.2 Å². The molecular weight excluding hydrogens is 308 g/mol. The second-order valence-electron chi connectivity index (χ2n) is 4.96. The molecule has 0 spiro atoms. The average Bonchev–Trinajstić information content (AvgIpc) is 2.59. The van der Waals surface area contributed by atoms with Crippen LogP contribution in [-0.4, -0.2) is 45.5 Å². The third-order valence-corrected chi connectivity index (χ3v) is 3.01. The number of nitrogens with one attached hydrogen (secondary N) is 1. The number of carbonyl (C=O) groups excluding carboxylic acids is 1. The van der Waals surface area contributed by atoms with E-state index >= 15 is 0 Å². The summed E-state index contributed by atoms with van der Waals surface area (Å²) < 4.78 is 10.9. The van der Waals surface area contributed by atoms with Crippen LogP contribution in [0.3, 0.4) is 0 Å². The van der Waals surface area contributed by atoms with Gasteiger partial charge in [0.2, 0.25) is 0 Å². The zero-order valence-corrected chi connectivity index (χ0v) is 14.2. The number of nitrogens with zero attached hydrogens (tertiary/aromatic N) is 1. The number of rotatable bonds is 13. The van der Waals surface area contributed by atoms with Gasteiger partial charge >= 0.3 is 5.97 Å². The Morgan fingerprint density at radius 2 is 1.79 bits per heavy atom. The predicted octanol–water partition coefficient (Wildman–Crippen LogP) is 2.79. The van der Waals surface area contributed by atoms with E-state index < -0.39 is 5.97 Å². The van der Waals surface area contributed by atoms with Crippen molar-refractivity contribution in [2.75, 3.05) is 49.9 Å². The van der Waals surface area contributed by atoms with Crippen molar-refractivity contribution in [1.29, 1.82) is 0 Å². The van der Waals surface area contributed by atoms with E-state index in [1.165, 1.54) is 6.92 Å². The molecule has 1 N–H and O–H groups in total. The van der Waals surface area contributed by atoms with Gasteiger partial charge in [0, 0.05) is 25.7 Å². The fourth-order valence-corrected chi connectivity index (χ4v) is 1.95. The first kappa shape index (κ1) is 19.7. The molecule has 24 heavy (non-hydrogen) atoms. The van der Waals surface area contributed by atoms with E-state index in [0.29, 0.717) is 45.2 Å². The van der Waals surface area contributed by atoms with Crippen LogP contribution in [0.5, 0.6) is 0 Å². The fraction of sp³-hybridized carbons (Fsp3) is 0.389. The summed E-state index contributed by atoms with van der Waals surface area (Å²) in [6.45, 7) is 12.2. The van der Waals surface area contributed by atoms with Gasteiger partial charge < -0.3 is 19.2 Å². The van der Waals surface area contributed by atoms with E-state index in [9.17, 15) is 4.79 Å². The second kappa shape index (κ2) is 12.2. The van der Waals surface area contributed by atoms with Gasteiger partial charge in [-0.05, 0) is 18.2 Å². The summed E-state index contributed by atoms with van der Waals surface area (Å²) in [4.78, 5) is 17.9. The highest BCUT2D eigenvalue weighted by atomic mass is 16.7. The molecule has 132 valence electrons. The number of hydrogen-bond donors (Lipinski definition) is 1. The lowest BCUT2D eigenvalue weighted by Crippen LogP contribution is -2.31. The van der Waals surface area contributed by atoms with Gasteiger partial charge in [-0.25, -0.2) is 5.48 Å². The van der Waals surface area contributed by atoms with E-state index in [-0.39, 0.29) is 0 Å². The van der Waals surface area contributed by atoms with Crippen LogP contribution in [0.1, 0.15) is 6.92 Å². The van der Waals surface area contributed by atoms with Crippen molar-refractivity contribution in [1.82, 2.24) is 0 Å². The maximum absolute atomic E-state index is 10.9. The largest absolute Gasteiger partial charge is 0.376 e. The summed E-state index contributed by atoms with van der Waals surface area (Å²) >= 11 is 0. The van der Waals surface area contributed by atoms with Crippen LogP contribution in [-0.2, 0) is 19.1 Å². The summed E-state index contributed by atoms with van der Waals surface area (Å²) in [6, 6.07) is 7.61. The minimum atomic E-state index is -0.395. The van der Waals surface area contributed by atoms with Crippen LogP contribution >= 0.6 is 0 Å². The van der Waals surface area contributed by atoms with Gasteiger partial charge in [0.05, 0.1) is 32.1 Å². The lowest BCUT2D eigenvalue weighted by atomic mass is 10.2. The molecule has 0 fully saturated rings. The average molecular weight is 334 g/mol. The van der Waals surface area contributed by atoms with Crippen LogP contribution < -0.4 is 10.4 Å². The van der Waals surface area contributed by atoms with Gasteiger partial charge in [-0.3, -0.25) is 4.79 Å². The Morgan fingerprint density at radius 1 is 1.17 bits per heavy atom. The molecule has 0 amide bonds. The number of hydrogen-bond acceptors (Lipinski definition) is 6. The molecule has 0 radical (unpaired) electrons. The SMILES string of the molecule is C=CCOCCN(CCOCC=C)c1cccc(NOC(C)=O)c1. The summed E-state index contributed by atoms with van der Waals surface area (Å²) in [6.07, 6.45) is 3.45.